The number of carbonyl (C=O) groups excluding carboxylic acids is 1. The summed E-state index contributed by atoms with van der Waals surface area (Å²) in [5.74, 6) is 0.187. The Bertz CT molecular complexity index is 1390. The molecule has 0 atom stereocenters. The number of aromatic nitrogens is 1. The largest absolute Gasteiger partial charge is 0.338 e. The number of nitriles is 1. The Morgan fingerprint density at radius 1 is 0.921 bits per heavy atom. The van der Waals surface area contributed by atoms with Gasteiger partial charge in [-0.1, -0.05) is 79.6 Å². The van der Waals surface area contributed by atoms with Crippen molar-refractivity contribution in [2.24, 2.45) is 0 Å². The standard InChI is InChI=1S/C34H37N3O/c1-4-5-23-36(25-29-9-7-6-8-10-29)34(38)20-17-31-16-19-33(32-18-11-26(2)24-27(32)3)37(31)30-14-12-28(13-15-30)21-22-35/h6-16,18-19,24H,4-5,17,20-21,23,25H2,1-3H3. The maximum Gasteiger partial charge on any atom is 0.223 e. The molecule has 0 fully saturated rings. The van der Waals surface area contributed by atoms with E-state index in [1.165, 1.54) is 16.7 Å². The minimum Gasteiger partial charge on any atom is -0.338 e. The van der Waals surface area contributed by atoms with E-state index in [1.807, 2.05) is 35.2 Å². The molecule has 0 unspecified atom stereocenters. The predicted molar refractivity (Wildman–Crippen MR) is 155 cm³/mol. The van der Waals surface area contributed by atoms with Gasteiger partial charge in [-0.2, -0.15) is 5.26 Å². The smallest absolute Gasteiger partial charge is 0.223 e. The minimum atomic E-state index is 0.187. The normalized spacial score (nSPS) is 10.8. The number of aryl methyl sites for hydroxylation is 3. The Balaban J connectivity index is 1.63. The highest BCUT2D eigenvalue weighted by Crippen LogP contribution is 2.30. The molecule has 0 aliphatic carbocycles. The molecule has 1 heterocycles. The lowest BCUT2D eigenvalue weighted by molar-refractivity contribution is -0.131. The lowest BCUT2D eigenvalue weighted by Gasteiger charge is -2.23. The van der Waals surface area contributed by atoms with Crippen LogP contribution in [0.4, 0.5) is 0 Å². The molecule has 0 radical (unpaired) electrons. The third-order valence-electron chi connectivity index (χ3n) is 7.04. The van der Waals surface area contributed by atoms with Crippen molar-refractivity contribution in [1.82, 2.24) is 9.47 Å². The molecular formula is C34H37N3O. The summed E-state index contributed by atoms with van der Waals surface area (Å²) in [4.78, 5) is 15.5. The van der Waals surface area contributed by atoms with E-state index in [0.29, 0.717) is 25.8 Å². The first kappa shape index (κ1) is 26.9. The number of benzene rings is 3. The second kappa shape index (κ2) is 12.9. The van der Waals surface area contributed by atoms with E-state index in [1.54, 1.807) is 0 Å². The molecule has 4 aromatic rings. The van der Waals surface area contributed by atoms with Crippen LogP contribution in [0.25, 0.3) is 16.9 Å². The molecule has 1 amide bonds. The van der Waals surface area contributed by atoms with E-state index >= 15 is 0 Å². The van der Waals surface area contributed by atoms with Gasteiger partial charge in [0.2, 0.25) is 5.91 Å². The third-order valence-corrected chi connectivity index (χ3v) is 7.04. The summed E-state index contributed by atoms with van der Waals surface area (Å²) in [6, 6.07) is 31.5. The second-order valence-electron chi connectivity index (χ2n) is 10.0. The van der Waals surface area contributed by atoms with Crippen molar-refractivity contribution in [3.8, 4) is 23.0 Å². The van der Waals surface area contributed by atoms with Gasteiger partial charge in [-0.3, -0.25) is 4.79 Å². The van der Waals surface area contributed by atoms with E-state index in [2.05, 4.69) is 86.0 Å². The molecule has 0 N–H and O–H groups in total. The van der Waals surface area contributed by atoms with Crippen molar-refractivity contribution in [2.45, 2.75) is 59.4 Å². The fourth-order valence-corrected chi connectivity index (χ4v) is 4.98. The fraction of sp³-hybridized carbons (Fsp3) is 0.294. The van der Waals surface area contributed by atoms with E-state index in [9.17, 15) is 4.79 Å². The average Bonchev–Trinajstić information content (AvgIpc) is 3.34. The Morgan fingerprint density at radius 3 is 2.37 bits per heavy atom. The molecule has 0 saturated carbocycles. The van der Waals surface area contributed by atoms with Crippen molar-refractivity contribution >= 4 is 5.91 Å². The molecule has 4 nitrogen and oxygen atoms in total. The molecule has 1 aromatic heterocycles. The maximum atomic E-state index is 13.4. The first-order valence-corrected chi connectivity index (χ1v) is 13.6. The Hall–Kier alpha value is -4.10. The van der Waals surface area contributed by atoms with Gasteiger partial charge in [0.25, 0.3) is 0 Å². The van der Waals surface area contributed by atoms with E-state index in [0.717, 1.165) is 47.6 Å². The van der Waals surface area contributed by atoms with Gasteiger partial charge in [-0.15, -0.1) is 0 Å². The molecule has 4 rings (SSSR count). The van der Waals surface area contributed by atoms with Gasteiger partial charge in [0.15, 0.2) is 0 Å². The van der Waals surface area contributed by atoms with E-state index in [4.69, 9.17) is 5.26 Å². The highest BCUT2D eigenvalue weighted by atomic mass is 16.2. The third kappa shape index (κ3) is 6.61. The summed E-state index contributed by atoms with van der Waals surface area (Å²) in [5.41, 5.74) is 9.07. The van der Waals surface area contributed by atoms with Crippen LogP contribution in [0.3, 0.4) is 0 Å². The van der Waals surface area contributed by atoms with E-state index < -0.39 is 0 Å². The summed E-state index contributed by atoms with van der Waals surface area (Å²) >= 11 is 0. The summed E-state index contributed by atoms with van der Waals surface area (Å²) in [5, 5.41) is 9.09. The lowest BCUT2D eigenvalue weighted by Crippen LogP contribution is -2.31. The zero-order valence-corrected chi connectivity index (χ0v) is 22.8. The van der Waals surface area contributed by atoms with Crippen LogP contribution in [0.1, 0.15) is 54.1 Å². The number of amides is 1. The number of hydrogen-bond donors (Lipinski definition) is 0. The van der Waals surface area contributed by atoms with Gasteiger partial charge >= 0.3 is 0 Å². The van der Waals surface area contributed by atoms with Gasteiger partial charge in [-0.05, 0) is 67.6 Å². The highest BCUT2D eigenvalue weighted by Gasteiger charge is 2.18. The molecule has 0 spiro atoms. The Labute approximate surface area is 227 Å². The number of unbranched alkanes of at least 4 members (excludes halogenated alkanes) is 1. The number of carbonyl (C=O) groups is 1. The Kier molecular flexibility index (Phi) is 9.16. The maximum absolute atomic E-state index is 13.4. The molecule has 0 aliphatic heterocycles. The topological polar surface area (TPSA) is 49.0 Å². The van der Waals surface area contributed by atoms with Crippen LogP contribution >= 0.6 is 0 Å². The zero-order chi connectivity index (χ0) is 26.9. The summed E-state index contributed by atoms with van der Waals surface area (Å²) in [6.45, 7) is 7.84. The zero-order valence-electron chi connectivity index (χ0n) is 22.8. The van der Waals surface area contributed by atoms with Gasteiger partial charge in [0.05, 0.1) is 18.2 Å². The van der Waals surface area contributed by atoms with Gasteiger partial charge < -0.3 is 9.47 Å². The molecule has 0 saturated heterocycles. The second-order valence-corrected chi connectivity index (χ2v) is 10.0. The molecule has 194 valence electrons. The first-order valence-electron chi connectivity index (χ1n) is 13.6. The number of nitrogens with zero attached hydrogens (tertiary/aromatic N) is 3. The van der Waals surface area contributed by atoms with Crippen LogP contribution in [0, 0.1) is 25.2 Å². The summed E-state index contributed by atoms with van der Waals surface area (Å²) < 4.78 is 2.27. The molecule has 3 aromatic carbocycles. The number of hydrogen-bond acceptors (Lipinski definition) is 2. The molecule has 4 heteroatoms. The Morgan fingerprint density at radius 2 is 1.68 bits per heavy atom. The van der Waals surface area contributed by atoms with E-state index in [-0.39, 0.29) is 5.91 Å². The summed E-state index contributed by atoms with van der Waals surface area (Å²) in [7, 11) is 0. The van der Waals surface area contributed by atoms with Crippen LogP contribution in [-0.4, -0.2) is 21.9 Å². The van der Waals surface area contributed by atoms with Gasteiger partial charge in [0.1, 0.15) is 0 Å². The monoisotopic (exact) mass is 503 g/mol. The van der Waals surface area contributed by atoms with Crippen LogP contribution < -0.4 is 0 Å². The van der Waals surface area contributed by atoms with Crippen molar-refractivity contribution in [3.63, 3.8) is 0 Å². The quantitative estimate of drug-likeness (QED) is 0.212. The highest BCUT2D eigenvalue weighted by molar-refractivity contribution is 5.76. The SMILES string of the molecule is CCCCN(Cc1ccccc1)C(=O)CCc1ccc(-c2ccc(C)cc2C)n1-c1ccc(CC#N)cc1. The fourth-order valence-electron chi connectivity index (χ4n) is 4.98. The van der Waals surface area contributed by atoms with Crippen LogP contribution in [-0.2, 0) is 24.2 Å². The molecule has 0 bridgehead atoms. The average molecular weight is 504 g/mol. The summed E-state index contributed by atoms with van der Waals surface area (Å²) in [6.07, 6.45) is 3.57. The van der Waals surface area contributed by atoms with Crippen molar-refractivity contribution < 1.29 is 4.79 Å². The van der Waals surface area contributed by atoms with Gasteiger partial charge in [0, 0.05) is 36.5 Å². The molecule has 38 heavy (non-hydrogen) atoms. The van der Waals surface area contributed by atoms with Crippen LogP contribution in [0.2, 0.25) is 0 Å². The minimum absolute atomic E-state index is 0.187. The van der Waals surface area contributed by atoms with Crippen molar-refractivity contribution in [3.05, 3.63) is 113 Å². The first-order chi connectivity index (χ1) is 18.5. The van der Waals surface area contributed by atoms with Crippen molar-refractivity contribution in [2.75, 3.05) is 6.54 Å². The lowest BCUT2D eigenvalue weighted by atomic mass is 10.0. The number of rotatable bonds is 11. The van der Waals surface area contributed by atoms with Crippen LogP contribution in [0.15, 0.2) is 84.9 Å². The van der Waals surface area contributed by atoms with Gasteiger partial charge in [-0.25, -0.2) is 0 Å². The molecular weight excluding hydrogens is 466 g/mol. The van der Waals surface area contributed by atoms with Crippen molar-refractivity contribution in [1.29, 1.82) is 5.26 Å². The predicted octanol–water partition coefficient (Wildman–Crippen LogP) is 7.59. The van der Waals surface area contributed by atoms with Crippen LogP contribution in [0.5, 0.6) is 0 Å². The molecule has 0 aliphatic rings.